The van der Waals surface area contributed by atoms with Crippen molar-refractivity contribution in [3.05, 3.63) is 104 Å². The van der Waals surface area contributed by atoms with E-state index < -0.39 is 11.1 Å². The molecule has 4 nitrogen and oxygen atoms in total. The number of hydrogen-bond donors (Lipinski definition) is 0. The summed E-state index contributed by atoms with van der Waals surface area (Å²) in [7, 11) is 0. The van der Waals surface area contributed by atoms with Gasteiger partial charge in [-0.15, -0.1) is 0 Å². The van der Waals surface area contributed by atoms with Crippen molar-refractivity contribution in [2.75, 3.05) is 6.61 Å². The molecule has 3 aromatic rings. The Labute approximate surface area is 210 Å². The third kappa shape index (κ3) is 3.96. The highest BCUT2D eigenvalue weighted by Crippen LogP contribution is 2.51. The third-order valence-corrected chi connectivity index (χ3v) is 7.34. The molecule has 0 radical (unpaired) electrons. The first kappa shape index (κ1) is 22.4. The lowest BCUT2D eigenvalue weighted by Crippen LogP contribution is -2.47. The number of halogens is 3. The zero-order chi connectivity index (χ0) is 23.2. The predicted molar refractivity (Wildman–Crippen MR) is 131 cm³/mol. The van der Waals surface area contributed by atoms with Crippen molar-refractivity contribution >= 4 is 45.0 Å². The van der Waals surface area contributed by atoms with Gasteiger partial charge in [-0.05, 0) is 54.8 Å². The first-order chi connectivity index (χ1) is 15.9. The molecule has 0 saturated heterocycles. The van der Waals surface area contributed by atoms with Crippen molar-refractivity contribution in [1.29, 1.82) is 5.26 Å². The molecule has 0 N–H and O–H groups in total. The Morgan fingerprint density at radius 2 is 1.64 bits per heavy atom. The average Bonchev–Trinajstić information content (AvgIpc) is 3.57. The Hall–Kier alpha value is -2.36. The van der Waals surface area contributed by atoms with Crippen LogP contribution in [0, 0.1) is 16.7 Å². The largest absolute Gasteiger partial charge is 0.345 e. The second-order valence-electron chi connectivity index (χ2n) is 8.54. The maximum atomic E-state index is 13.8. The average molecular weight is 542 g/mol. The second-order valence-corrected chi connectivity index (χ2v) is 10.3. The van der Waals surface area contributed by atoms with Crippen LogP contribution in [-0.2, 0) is 17.0 Å². The molecule has 1 aliphatic carbocycles. The summed E-state index contributed by atoms with van der Waals surface area (Å²) in [6, 6.07) is 22.8. The predicted octanol–water partition coefficient (Wildman–Crippen LogP) is 6.93. The number of ether oxygens (including phenoxy) is 1. The molecule has 0 bridgehead atoms. The van der Waals surface area contributed by atoms with Crippen LogP contribution in [0.2, 0.25) is 10.0 Å². The van der Waals surface area contributed by atoms with E-state index in [-0.39, 0.29) is 12.5 Å². The summed E-state index contributed by atoms with van der Waals surface area (Å²) in [5.74, 6) is -0.141. The van der Waals surface area contributed by atoms with E-state index in [1.165, 1.54) is 0 Å². The fourth-order valence-corrected chi connectivity index (χ4v) is 4.90. The minimum atomic E-state index is -1.19. The summed E-state index contributed by atoms with van der Waals surface area (Å²) in [6.07, 6.45) is 1.58. The molecule has 5 rings (SSSR count). The van der Waals surface area contributed by atoms with Crippen molar-refractivity contribution in [3.8, 4) is 6.07 Å². The molecule has 1 unspecified atom stereocenters. The van der Waals surface area contributed by atoms with Crippen LogP contribution in [0.4, 0.5) is 0 Å². The molecule has 166 valence electrons. The highest BCUT2D eigenvalue weighted by Gasteiger charge is 2.55. The van der Waals surface area contributed by atoms with Crippen LogP contribution >= 0.6 is 39.1 Å². The topological polar surface area (TPSA) is 53.3 Å². The van der Waals surface area contributed by atoms with Crippen LogP contribution in [0.3, 0.4) is 0 Å². The number of nitriles is 1. The fraction of sp³-hybridized carbons (Fsp3) is 0.231. The number of amides is 1. The fourth-order valence-electron chi connectivity index (χ4n) is 4.29. The first-order valence-electron chi connectivity index (χ1n) is 10.5. The number of rotatable bonds is 6. The van der Waals surface area contributed by atoms with Gasteiger partial charge in [-0.2, -0.15) is 5.26 Å². The van der Waals surface area contributed by atoms with Gasteiger partial charge in [0.25, 0.3) is 5.91 Å². The van der Waals surface area contributed by atoms with Crippen molar-refractivity contribution in [1.82, 2.24) is 4.90 Å². The highest BCUT2D eigenvalue weighted by atomic mass is 79.9. The summed E-state index contributed by atoms with van der Waals surface area (Å²) in [6.45, 7) is 0.538. The van der Waals surface area contributed by atoms with Gasteiger partial charge in [-0.25, -0.2) is 0 Å². The van der Waals surface area contributed by atoms with Crippen LogP contribution in [-0.4, -0.2) is 17.4 Å². The van der Waals surface area contributed by atoms with Crippen molar-refractivity contribution in [2.45, 2.75) is 25.1 Å². The van der Waals surface area contributed by atoms with E-state index in [0.717, 1.165) is 34.0 Å². The van der Waals surface area contributed by atoms with Crippen molar-refractivity contribution in [3.63, 3.8) is 0 Å². The number of fused-ring (bicyclic) bond motifs is 1. The molecule has 3 aromatic carbocycles. The van der Waals surface area contributed by atoms with Gasteiger partial charge in [-0.1, -0.05) is 69.5 Å². The van der Waals surface area contributed by atoms with Crippen LogP contribution in [0.25, 0.3) is 0 Å². The zero-order valence-electron chi connectivity index (χ0n) is 17.5. The van der Waals surface area contributed by atoms with Crippen LogP contribution in [0.15, 0.2) is 71.2 Å². The third-order valence-electron chi connectivity index (χ3n) is 6.34. The summed E-state index contributed by atoms with van der Waals surface area (Å²) < 4.78 is 7.49. The quantitative estimate of drug-likeness (QED) is 0.340. The molecule has 7 heteroatoms. The number of carbonyl (C=O) groups excluding carboxylic acids is 1. The summed E-state index contributed by atoms with van der Waals surface area (Å²) >= 11 is 15.8. The molecule has 33 heavy (non-hydrogen) atoms. The van der Waals surface area contributed by atoms with Crippen molar-refractivity contribution < 1.29 is 9.53 Å². The monoisotopic (exact) mass is 540 g/mol. The van der Waals surface area contributed by atoms with E-state index in [1.807, 2.05) is 42.5 Å². The molecule has 1 saturated carbocycles. The minimum Gasteiger partial charge on any atom is -0.345 e. The standard InChI is InChI=1S/C26H19BrCl2N2O2/c27-19-5-10-23-22(13-19)24(32)31(14-17-1-6-20(28)7-2-17)26(23,18-3-8-21(29)9-4-18)33-16-25(15-30)11-12-25/h1-10,13H,11-12,14,16H2. The zero-order valence-corrected chi connectivity index (χ0v) is 20.6. The van der Waals surface area contributed by atoms with E-state index in [9.17, 15) is 10.1 Å². The SMILES string of the molecule is N#CC1(COC2(c3ccc(Cl)cc3)c3ccc(Br)cc3C(=O)N2Cc2ccc(Cl)cc2)CC1. The molecule has 1 amide bonds. The van der Waals surface area contributed by atoms with Gasteiger partial charge in [0.05, 0.1) is 18.1 Å². The molecule has 1 heterocycles. The van der Waals surface area contributed by atoms with Gasteiger partial charge in [0, 0.05) is 37.8 Å². The number of nitrogens with zero attached hydrogens (tertiary/aromatic N) is 2. The van der Waals surface area contributed by atoms with E-state index in [0.29, 0.717) is 22.2 Å². The molecule has 0 aromatic heterocycles. The molecular formula is C26H19BrCl2N2O2. The Morgan fingerprint density at radius 3 is 2.24 bits per heavy atom. The second kappa shape index (κ2) is 8.45. The van der Waals surface area contributed by atoms with E-state index in [1.54, 1.807) is 29.2 Å². The van der Waals surface area contributed by atoms with E-state index in [4.69, 9.17) is 27.9 Å². The van der Waals surface area contributed by atoms with Crippen LogP contribution in [0.5, 0.6) is 0 Å². The van der Waals surface area contributed by atoms with Gasteiger partial charge in [-0.3, -0.25) is 9.69 Å². The minimum absolute atomic E-state index is 0.141. The number of benzene rings is 3. The van der Waals surface area contributed by atoms with E-state index >= 15 is 0 Å². The summed E-state index contributed by atoms with van der Waals surface area (Å²) in [4.78, 5) is 15.5. The van der Waals surface area contributed by atoms with Gasteiger partial charge < -0.3 is 4.74 Å². The normalized spacial score (nSPS) is 20.4. The van der Waals surface area contributed by atoms with E-state index in [2.05, 4.69) is 22.0 Å². The summed E-state index contributed by atoms with van der Waals surface area (Å²) in [5, 5.41) is 10.9. The molecular weight excluding hydrogens is 523 g/mol. The Balaban J connectivity index is 1.68. The smallest absolute Gasteiger partial charge is 0.257 e. The maximum absolute atomic E-state index is 13.8. The van der Waals surface area contributed by atoms with Gasteiger partial charge in [0.2, 0.25) is 0 Å². The number of carbonyl (C=O) groups is 1. The highest BCUT2D eigenvalue weighted by molar-refractivity contribution is 9.10. The Kier molecular flexibility index (Phi) is 5.74. The molecule has 0 spiro atoms. The van der Waals surface area contributed by atoms with Gasteiger partial charge >= 0.3 is 0 Å². The number of hydrogen-bond acceptors (Lipinski definition) is 3. The molecule has 2 aliphatic rings. The first-order valence-corrected chi connectivity index (χ1v) is 12.1. The lowest BCUT2D eigenvalue weighted by molar-refractivity contribution is -0.120. The van der Waals surface area contributed by atoms with Crippen LogP contribution < -0.4 is 0 Å². The van der Waals surface area contributed by atoms with Crippen LogP contribution in [0.1, 0.15) is 39.9 Å². The maximum Gasteiger partial charge on any atom is 0.257 e. The lowest BCUT2D eigenvalue weighted by Gasteiger charge is -2.40. The molecule has 1 atom stereocenters. The molecule has 1 fully saturated rings. The van der Waals surface area contributed by atoms with Gasteiger partial charge in [0.15, 0.2) is 5.72 Å². The summed E-state index contributed by atoms with van der Waals surface area (Å²) in [5.41, 5.74) is 1.32. The lowest BCUT2D eigenvalue weighted by atomic mass is 9.93. The Bertz CT molecular complexity index is 1270. The Morgan fingerprint density at radius 1 is 1.00 bits per heavy atom. The molecule has 1 aliphatic heterocycles. The van der Waals surface area contributed by atoms with Gasteiger partial charge in [0.1, 0.15) is 0 Å². The van der Waals surface area contributed by atoms with Crippen molar-refractivity contribution in [2.24, 2.45) is 5.41 Å².